The van der Waals surface area contributed by atoms with Crippen LogP contribution in [0.4, 0.5) is 10.1 Å². The number of aryl methyl sites for hydroxylation is 3. The second-order valence-electron chi connectivity index (χ2n) is 11.0. The number of nitrogens with zero attached hydrogens (tertiary/aromatic N) is 5. The van der Waals surface area contributed by atoms with Gasteiger partial charge in [-0.05, 0) is 72.7 Å². The monoisotopic (exact) mass is 559 g/mol. The average Bonchev–Trinajstić information content (AvgIpc) is 3.51. The fourth-order valence-electron chi connectivity index (χ4n) is 6.34. The van der Waals surface area contributed by atoms with Crippen LogP contribution < -0.4 is 10.5 Å². The third kappa shape index (κ3) is 4.81. The SMILES string of the molecule is COCc1cc(Cc2cc(-c3cc(F)cc(N4CCn5c(cc6c5CCCC6)C4=O)c3CO)cn(C)c2=O)nn1C. The van der Waals surface area contributed by atoms with Gasteiger partial charge in [-0.25, -0.2) is 4.39 Å². The van der Waals surface area contributed by atoms with Crippen LogP contribution in [-0.4, -0.2) is 43.6 Å². The van der Waals surface area contributed by atoms with Crippen LogP contribution in [-0.2, 0) is 57.9 Å². The summed E-state index contributed by atoms with van der Waals surface area (Å²) in [7, 11) is 5.08. The molecule has 0 spiro atoms. The van der Waals surface area contributed by atoms with E-state index in [2.05, 4.69) is 9.67 Å². The number of aromatic nitrogens is 4. The first-order chi connectivity index (χ1) is 19.8. The molecular weight excluding hydrogens is 525 g/mol. The molecule has 214 valence electrons. The minimum absolute atomic E-state index is 0.189. The van der Waals surface area contributed by atoms with Crippen molar-refractivity contribution in [3.05, 3.63) is 92.2 Å². The first-order valence-corrected chi connectivity index (χ1v) is 14.0. The number of anilines is 1. The number of rotatable bonds is 7. The fourth-order valence-corrected chi connectivity index (χ4v) is 6.34. The predicted molar refractivity (Wildman–Crippen MR) is 152 cm³/mol. The highest BCUT2D eigenvalue weighted by molar-refractivity contribution is 6.07. The number of benzene rings is 1. The molecule has 1 aliphatic heterocycles. The van der Waals surface area contributed by atoms with E-state index in [4.69, 9.17) is 4.74 Å². The first-order valence-electron chi connectivity index (χ1n) is 14.0. The van der Waals surface area contributed by atoms with E-state index in [9.17, 15) is 14.7 Å². The van der Waals surface area contributed by atoms with Crippen LogP contribution in [0.25, 0.3) is 11.1 Å². The van der Waals surface area contributed by atoms with Gasteiger partial charge in [-0.15, -0.1) is 0 Å². The highest BCUT2D eigenvalue weighted by atomic mass is 19.1. The van der Waals surface area contributed by atoms with Gasteiger partial charge < -0.3 is 23.9 Å². The Morgan fingerprint density at radius 2 is 1.85 bits per heavy atom. The Bertz CT molecular complexity index is 1720. The highest BCUT2D eigenvalue weighted by Gasteiger charge is 2.32. The van der Waals surface area contributed by atoms with Gasteiger partial charge in [0, 0.05) is 63.7 Å². The van der Waals surface area contributed by atoms with Crippen LogP contribution in [0, 0.1) is 5.82 Å². The second kappa shape index (κ2) is 10.8. The van der Waals surface area contributed by atoms with Gasteiger partial charge in [0.2, 0.25) is 0 Å². The minimum Gasteiger partial charge on any atom is -0.392 e. The number of halogens is 1. The molecule has 0 atom stereocenters. The summed E-state index contributed by atoms with van der Waals surface area (Å²) >= 11 is 0. The number of hydrogen-bond acceptors (Lipinski definition) is 5. The normalized spacial score (nSPS) is 14.9. The molecule has 4 heterocycles. The second-order valence-corrected chi connectivity index (χ2v) is 11.0. The van der Waals surface area contributed by atoms with Gasteiger partial charge in [0.1, 0.15) is 11.5 Å². The van der Waals surface area contributed by atoms with Gasteiger partial charge in [-0.3, -0.25) is 14.3 Å². The average molecular weight is 560 g/mol. The van der Waals surface area contributed by atoms with Crippen LogP contribution in [0.1, 0.15) is 57.1 Å². The van der Waals surface area contributed by atoms with Gasteiger partial charge in [-0.2, -0.15) is 5.10 Å². The van der Waals surface area contributed by atoms with Crippen LogP contribution in [0.5, 0.6) is 0 Å². The molecule has 6 rings (SSSR count). The lowest BCUT2D eigenvalue weighted by atomic mass is 9.96. The van der Waals surface area contributed by atoms with Gasteiger partial charge in [0.15, 0.2) is 0 Å². The molecule has 0 bridgehead atoms. The molecule has 4 aromatic rings. The molecule has 1 aromatic carbocycles. The number of aliphatic hydroxyl groups is 1. The van der Waals surface area contributed by atoms with Gasteiger partial charge >= 0.3 is 0 Å². The van der Waals surface area contributed by atoms with Crippen LogP contribution in [0.15, 0.2) is 41.3 Å². The molecule has 41 heavy (non-hydrogen) atoms. The maximum Gasteiger partial charge on any atom is 0.274 e. The summed E-state index contributed by atoms with van der Waals surface area (Å²) in [6.45, 7) is 0.998. The van der Waals surface area contributed by atoms with Crippen molar-refractivity contribution in [2.75, 3.05) is 18.6 Å². The summed E-state index contributed by atoms with van der Waals surface area (Å²) in [4.78, 5) is 28.4. The van der Waals surface area contributed by atoms with E-state index < -0.39 is 12.4 Å². The molecule has 0 saturated heterocycles. The van der Waals surface area contributed by atoms with Crippen LogP contribution in [0.3, 0.4) is 0 Å². The Kier molecular flexibility index (Phi) is 7.13. The van der Waals surface area contributed by atoms with Crippen molar-refractivity contribution in [2.45, 2.75) is 51.9 Å². The van der Waals surface area contributed by atoms with Gasteiger partial charge in [-0.1, -0.05) is 0 Å². The Morgan fingerprint density at radius 3 is 2.63 bits per heavy atom. The number of fused-ring (bicyclic) bond motifs is 3. The zero-order chi connectivity index (χ0) is 28.8. The van der Waals surface area contributed by atoms with Crippen molar-refractivity contribution >= 4 is 11.6 Å². The van der Waals surface area contributed by atoms with E-state index in [-0.39, 0.29) is 17.9 Å². The van der Waals surface area contributed by atoms with E-state index >= 15 is 4.39 Å². The molecular formula is C31H34FN5O4. The smallest absolute Gasteiger partial charge is 0.274 e. The van der Waals surface area contributed by atoms with Crippen molar-refractivity contribution in [1.29, 1.82) is 0 Å². The summed E-state index contributed by atoms with van der Waals surface area (Å²) in [6, 6.07) is 8.27. The van der Waals surface area contributed by atoms with Crippen molar-refractivity contribution in [3.8, 4) is 11.1 Å². The number of carbonyl (C=O) groups is 1. The lowest BCUT2D eigenvalue weighted by molar-refractivity contribution is 0.0964. The summed E-state index contributed by atoms with van der Waals surface area (Å²) < 4.78 is 25.7. The largest absolute Gasteiger partial charge is 0.392 e. The topological polar surface area (TPSA) is 94.5 Å². The van der Waals surface area contributed by atoms with E-state index in [1.807, 2.05) is 19.2 Å². The standard InChI is InChI=1S/C31H34FN5O4/c1-34-16-21(10-20(30(34)39)11-23-15-24(18-41-3)35(2)33-23)25-13-22(32)14-28(26(25)17-38)37-9-8-36-27-7-5-4-6-19(27)12-29(36)31(37)40/h10,12-16,38H,4-9,11,17-18H2,1-3H3. The lowest BCUT2D eigenvalue weighted by Gasteiger charge is -2.31. The van der Waals surface area contributed by atoms with Gasteiger partial charge in [0.05, 0.1) is 30.3 Å². The molecule has 0 fully saturated rings. The first kappa shape index (κ1) is 27.2. The summed E-state index contributed by atoms with van der Waals surface area (Å²) in [5.74, 6) is -0.718. The molecule has 2 aliphatic rings. The summed E-state index contributed by atoms with van der Waals surface area (Å²) in [6.07, 6.45) is 6.08. The molecule has 0 unspecified atom stereocenters. The van der Waals surface area contributed by atoms with Gasteiger partial charge in [0.25, 0.3) is 11.5 Å². The van der Waals surface area contributed by atoms with E-state index in [1.54, 1.807) is 36.0 Å². The van der Waals surface area contributed by atoms with Crippen molar-refractivity contribution < 1.29 is 19.0 Å². The van der Waals surface area contributed by atoms with Crippen molar-refractivity contribution in [1.82, 2.24) is 18.9 Å². The Balaban J connectivity index is 1.40. The van der Waals surface area contributed by atoms with E-state index in [0.717, 1.165) is 31.4 Å². The Hall–Kier alpha value is -4.02. The van der Waals surface area contributed by atoms with Crippen molar-refractivity contribution in [3.63, 3.8) is 0 Å². The van der Waals surface area contributed by atoms with E-state index in [0.29, 0.717) is 59.0 Å². The molecule has 10 heteroatoms. The maximum atomic E-state index is 15.2. The summed E-state index contributed by atoms with van der Waals surface area (Å²) in [5, 5.41) is 15.1. The molecule has 9 nitrogen and oxygen atoms in total. The van der Waals surface area contributed by atoms with Crippen molar-refractivity contribution in [2.24, 2.45) is 14.1 Å². The lowest BCUT2D eigenvalue weighted by Crippen LogP contribution is -2.41. The molecule has 1 N–H and O–H groups in total. The maximum absolute atomic E-state index is 15.2. The fraction of sp³-hybridized carbons (Fsp3) is 0.387. The number of carbonyl (C=O) groups excluding carboxylic acids is 1. The number of amides is 1. The number of methoxy groups -OCH3 is 1. The molecule has 1 amide bonds. The molecule has 0 saturated carbocycles. The number of aliphatic hydroxyl groups excluding tert-OH is 1. The Morgan fingerprint density at radius 1 is 1.05 bits per heavy atom. The third-order valence-electron chi connectivity index (χ3n) is 8.32. The minimum atomic E-state index is -0.524. The zero-order valence-corrected chi connectivity index (χ0v) is 23.6. The highest BCUT2D eigenvalue weighted by Crippen LogP contribution is 2.36. The quantitative estimate of drug-likeness (QED) is 0.374. The zero-order valence-electron chi connectivity index (χ0n) is 23.6. The number of hydrogen-bond donors (Lipinski definition) is 1. The predicted octanol–water partition coefficient (Wildman–Crippen LogP) is 3.50. The van der Waals surface area contributed by atoms with Crippen LogP contribution >= 0.6 is 0 Å². The third-order valence-corrected chi connectivity index (χ3v) is 8.32. The summed E-state index contributed by atoms with van der Waals surface area (Å²) in [5.41, 5.74) is 6.76. The number of pyridine rings is 1. The molecule has 1 aliphatic carbocycles. The van der Waals surface area contributed by atoms with E-state index in [1.165, 1.54) is 28.0 Å². The molecule has 0 radical (unpaired) electrons. The number of ether oxygens (including phenoxy) is 1. The Labute approximate surface area is 237 Å². The van der Waals surface area contributed by atoms with Crippen LogP contribution in [0.2, 0.25) is 0 Å². The molecule has 3 aromatic heterocycles.